The quantitative estimate of drug-likeness (QED) is 0.594. The van der Waals surface area contributed by atoms with E-state index in [0.717, 1.165) is 0 Å². The second-order valence-corrected chi connectivity index (χ2v) is 4.81. The molecule has 0 aliphatic rings. The average molecular weight is 274 g/mol. The van der Waals surface area contributed by atoms with Gasteiger partial charge in [0.05, 0.1) is 12.0 Å². The number of carbonyl (C=O) groups excluding carboxylic acids is 2. The molecule has 7 nitrogen and oxygen atoms in total. The highest BCUT2D eigenvalue weighted by Gasteiger charge is 2.26. The summed E-state index contributed by atoms with van der Waals surface area (Å²) in [4.78, 5) is 33.5. The molecule has 0 saturated heterocycles. The number of hydrogen-bond donors (Lipinski definition) is 3. The number of urea groups is 1. The van der Waals surface area contributed by atoms with Crippen LogP contribution in [0.25, 0.3) is 0 Å². The fourth-order valence-corrected chi connectivity index (χ4v) is 1.17. The number of aliphatic carboxylic acids is 1. The van der Waals surface area contributed by atoms with Gasteiger partial charge < -0.3 is 20.5 Å². The summed E-state index contributed by atoms with van der Waals surface area (Å²) in [6.07, 6.45) is 0.295. The fraction of sp³-hybridized carbons (Fsp3) is 0.750. The van der Waals surface area contributed by atoms with Crippen LogP contribution in [0, 0.1) is 5.41 Å². The first kappa shape index (κ1) is 17.2. The van der Waals surface area contributed by atoms with Crippen LogP contribution in [0.1, 0.15) is 34.1 Å². The van der Waals surface area contributed by atoms with Crippen LogP contribution in [0.5, 0.6) is 0 Å². The van der Waals surface area contributed by atoms with E-state index in [1.165, 1.54) is 6.92 Å². The van der Waals surface area contributed by atoms with E-state index >= 15 is 0 Å². The van der Waals surface area contributed by atoms with Gasteiger partial charge in [-0.05, 0) is 34.1 Å². The first-order valence-electron chi connectivity index (χ1n) is 6.15. The van der Waals surface area contributed by atoms with E-state index in [-0.39, 0.29) is 13.2 Å². The highest BCUT2D eigenvalue weighted by atomic mass is 16.5. The number of rotatable bonds is 7. The molecule has 0 fully saturated rings. The summed E-state index contributed by atoms with van der Waals surface area (Å²) in [5.74, 6) is -1.43. The molecule has 2 amide bonds. The molecule has 0 heterocycles. The van der Waals surface area contributed by atoms with Crippen LogP contribution in [-0.4, -0.2) is 42.3 Å². The van der Waals surface area contributed by atoms with Crippen molar-refractivity contribution in [2.75, 3.05) is 13.2 Å². The molecule has 0 bridgehead atoms. The van der Waals surface area contributed by atoms with Crippen LogP contribution in [-0.2, 0) is 14.3 Å². The molecule has 0 spiro atoms. The minimum Gasteiger partial charge on any atom is -0.481 e. The molecule has 1 unspecified atom stereocenters. The summed E-state index contributed by atoms with van der Waals surface area (Å²) in [5.41, 5.74) is -0.903. The van der Waals surface area contributed by atoms with E-state index < -0.39 is 29.4 Å². The topological polar surface area (TPSA) is 105 Å². The van der Waals surface area contributed by atoms with E-state index in [2.05, 4.69) is 10.6 Å². The zero-order chi connectivity index (χ0) is 15.1. The maximum Gasteiger partial charge on any atom is 0.328 e. The second kappa shape index (κ2) is 7.60. The minimum absolute atomic E-state index is 0.209. The molecule has 0 aromatic carbocycles. The lowest BCUT2D eigenvalue weighted by atomic mass is 9.90. The molecule has 3 N–H and O–H groups in total. The summed E-state index contributed by atoms with van der Waals surface area (Å²) >= 11 is 0. The Kier molecular flexibility index (Phi) is 6.89. The van der Waals surface area contributed by atoms with Crippen LogP contribution in [0.4, 0.5) is 4.79 Å². The van der Waals surface area contributed by atoms with Gasteiger partial charge in [0.1, 0.15) is 6.04 Å². The Morgan fingerprint density at radius 2 is 1.89 bits per heavy atom. The van der Waals surface area contributed by atoms with Crippen molar-refractivity contribution in [2.45, 2.75) is 40.2 Å². The van der Waals surface area contributed by atoms with E-state index in [0.29, 0.717) is 6.42 Å². The first-order chi connectivity index (χ1) is 8.70. The number of amides is 2. The zero-order valence-electron chi connectivity index (χ0n) is 11.8. The molecule has 0 aliphatic heterocycles. The Bertz CT molecular complexity index is 341. The summed E-state index contributed by atoms with van der Waals surface area (Å²) in [7, 11) is 0. The Balaban J connectivity index is 4.00. The van der Waals surface area contributed by atoms with Gasteiger partial charge in [0.2, 0.25) is 0 Å². The van der Waals surface area contributed by atoms with Gasteiger partial charge in [-0.2, -0.15) is 0 Å². The predicted molar refractivity (Wildman–Crippen MR) is 68.7 cm³/mol. The van der Waals surface area contributed by atoms with E-state index in [1.807, 2.05) is 0 Å². The number of carboxylic acid groups (broad SMARTS) is 1. The SMILES string of the molecule is CCOC(=O)C(C)NC(=O)NCCC(C)(C)C(=O)O. The number of nitrogens with one attached hydrogen (secondary N) is 2. The Hall–Kier alpha value is -1.79. The molecule has 0 aromatic heterocycles. The molecule has 0 aliphatic carbocycles. The van der Waals surface area contributed by atoms with E-state index in [9.17, 15) is 14.4 Å². The largest absolute Gasteiger partial charge is 0.481 e. The van der Waals surface area contributed by atoms with Crippen LogP contribution < -0.4 is 10.6 Å². The maximum absolute atomic E-state index is 11.4. The number of esters is 1. The monoisotopic (exact) mass is 274 g/mol. The predicted octanol–water partition coefficient (Wildman–Crippen LogP) is 0.738. The van der Waals surface area contributed by atoms with E-state index in [1.54, 1.807) is 20.8 Å². The number of ether oxygens (including phenoxy) is 1. The van der Waals surface area contributed by atoms with Crippen LogP contribution in [0.15, 0.2) is 0 Å². The van der Waals surface area contributed by atoms with Crippen molar-refractivity contribution in [3.63, 3.8) is 0 Å². The average Bonchev–Trinajstić information content (AvgIpc) is 2.28. The highest BCUT2D eigenvalue weighted by molar-refractivity contribution is 5.83. The molecular formula is C12H22N2O5. The minimum atomic E-state index is -0.922. The molecule has 0 rings (SSSR count). The first-order valence-corrected chi connectivity index (χ1v) is 6.15. The van der Waals surface area contributed by atoms with Crippen molar-refractivity contribution >= 4 is 18.0 Å². The molecule has 0 saturated carbocycles. The summed E-state index contributed by atoms with van der Waals surface area (Å²) in [6.45, 7) is 6.81. The van der Waals surface area contributed by atoms with Gasteiger partial charge >= 0.3 is 18.0 Å². The lowest BCUT2D eigenvalue weighted by Crippen LogP contribution is -2.46. The molecule has 0 aromatic rings. The lowest BCUT2D eigenvalue weighted by Gasteiger charge is -2.19. The van der Waals surface area contributed by atoms with Gasteiger partial charge in [0.15, 0.2) is 0 Å². The second-order valence-electron chi connectivity index (χ2n) is 4.81. The number of carbonyl (C=O) groups is 3. The van der Waals surface area contributed by atoms with Crippen LogP contribution in [0.3, 0.4) is 0 Å². The van der Waals surface area contributed by atoms with Gasteiger partial charge in [-0.3, -0.25) is 4.79 Å². The standard InChI is InChI=1S/C12H22N2O5/c1-5-19-9(15)8(2)14-11(18)13-7-6-12(3,4)10(16)17/h8H,5-7H2,1-4H3,(H,16,17)(H2,13,14,18). The highest BCUT2D eigenvalue weighted by Crippen LogP contribution is 2.19. The Labute approximate surface area is 112 Å². The number of carboxylic acids is 1. The number of hydrogen-bond acceptors (Lipinski definition) is 4. The Morgan fingerprint density at radius 3 is 2.37 bits per heavy atom. The van der Waals surface area contributed by atoms with Crippen molar-refractivity contribution in [3.05, 3.63) is 0 Å². The van der Waals surface area contributed by atoms with Gasteiger partial charge in [0, 0.05) is 6.54 Å². The van der Waals surface area contributed by atoms with E-state index in [4.69, 9.17) is 9.84 Å². The molecule has 1 atom stereocenters. The summed E-state index contributed by atoms with van der Waals surface area (Å²) in [6, 6.07) is -1.27. The van der Waals surface area contributed by atoms with Gasteiger partial charge in [-0.15, -0.1) is 0 Å². The third-order valence-electron chi connectivity index (χ3n) is 2.60. The lowest BCUT2D eigenvalue weighted by molar-refractivity contribution is -0.147. The molecular weight excluding hydrogens is 252 g/mol. The molecule has 110 valence electrons. The van der Waals surface area contributed by atoms with Crippen molar-refractivity contribution in [1.29, 1.82) is 0 Å². The molecule has 7 heteroatoms. The zero-order valence-corrected chi connectivity index (χ0v) is 11.8. The summed E-state index contributed by atoms with van der Waals surface area (Å²) in [5, 5.41) is 13.8. The van der Waals surface area contributed by atoms with Gasteiger partial charge in [-0.25, -0.2) is 9.59 Å². The van der Waals surface area contributed by atoms with Crippen molar-refractivity contribution in [3.8, 4) is 0 Å². The third-order valence-corrected chi connectivity index (χ3v) is 2.60. The van der Waals surface area contributed by atoms with Crippen LogP contribution in [0.2, 0.25) is 0 Å². The normalized spacial score (nSPS) is 12.4. The van der Waals surface area contributed by atoms with Crippen molar-refractivity contribution in [1.82, 2.24) is 10.6 Å². The van der Waals surface area contributed by atoms with Crippen LogP contribution >= 0.6 is 0 Å². The summed E-state index contributed by atoms with van der Waals surface area (Å²) < 4.78 is 4.74. The third kappa shape index (κ3) is 6.64. The van der Waals surface area contributed by atoms with Gasteiger partial charge in [0.25, 0.3) is 0 Å². The van der Waals surface area contributed by atoms with Crippen molar-refractivity contribution < 1.29 is 24.2 Å². The fourth-order valence-electron chi connectivity index (χ4n) is 1.17. The van der Waals surface area contributed by atoms with Gasteiger partial charge in [-0.1, -0.05) is 0 Å². The molecule has 0 radical (unpaired) electrons. The Morgan fingerprint density at radius 1 is 1.32 bits per heavy atom. The van der Waals surface area contributed by atoms with Crippen molar-refractivity contribution in [2.24, 2.45) is 5.41 Å². The molecule has 19 heavy (non-hydrogen) atoms. The smallest absolute Gasteiger partial charge is 0.328 e. The maximum atomic E-state index is 11.4.